The number of fused-ring (bicyclic) bond motifs is 2. The summed E-state index contributed by atoms with van der Waals surface area (Å²) in [5.41, 5.74) is -0.212. The van der Waals surface area contributed by atoms with E-state index in [2.05, 4.69) is 10.6 Å². The number of para-hydroxylation sites is 1. The van der Waals surface area contributed by atoms with Crippen molar-refractivity contribution >= 4 is 11.9 Å². The fourth-order valence-electron chi connectivity index (χ4n) is 2.25. The van der Waals surface area contributed by atoms with Gasteiger partial charge in [0.25, 0.3) is 5.91 Å². The summed E-state index contributed by atoms with van der Waals surface area (Å²) < 4.78 is 5.46. The van der Waals surface area contributed by atoms with E-state index in [9.17, 15) is 9.59 Å². The number of ether oxygens (including phenoxy) is 1. The fraction of sp³-hybridized carbons (Fsp3) is 0.273. The van der Waals surface area contributed by atoms with Crippen LogP contribution in [0.3, 0.4) is 0 Å². The number of hydrogen-bond acceptors (Lipinski definition) is 3. The number of urea groups is 1. The van der Waals surface area contributed by atoms with Crippen LogP contribution in [0.4, 0.5) is 4.79 Å². The molecule has 1 fully saturated rings. The smallest absolute Gasteiger partial charge is 0.322 e. The molecule has 1 atom stereocenters. The van der Waals surface area contributed by atoms with Gasteiger partial charge in [0.15, 0.2) is 5.54 Å². The van der Waals surface area contributed by atoms with Crippen molar-refractivity contribution in [1.29, 1.82) is 0 Å². The average molecular weight is 218 g/mol. The van der Waals surface area contributed by atoms with Crippen LogP contribution in [0, 0.1) is 0 Å². The minimum atomic E-state index is -0.939. The Bertz CT molecular complexity index is 486. The van der Waals surface area contributed by atoms with Gasteiger partial charge in [-0.2, -0.15) is 0 Å². The van der Waals surface area contributed by atoms with Crippen molar-refractivity contribution in [3.8, 4) is 5.75 Å². The lowest BCUT2D eigenvalue weighted by atomic mass is 9.85. The number of amides is 3. The van der Waals surface area contributed by atoms with E-state index >= 15 is 0 Å². The van der Waals surface area contributed by atoms with E-state index in [4.69, 9.17) is 4.74 Å². The zero-order valence-corrected chi connectivity index (χ0v) is 8.45. The first-order valence-electron chi connectivity index (χ1n) is 5.08. The second kappa shape index (κ2) is 2.98. The Kier molecular flexibility index (Phi) is 1.71. The topological polar surface area (TPSA) is 67.4 Å². The highest BCUT2D eigenvalue weighted by Gasteiger charge is 2.50. The molecule has 1 aromatic carbocycles. The number of nitrogens with one attached hydrogen (secondary N) is 2. The monoisotopic (exact) mass is 218 g/mol. The Morgan fingerprint density at radius 3 is 2.81 bits per heavy atom. The largest absolute Gasteiger partial charge is 0.493 e. The van der Waals surface area contributed by atoms with Gasteiger partial charge in [-0.15, -0.1) is 0 Å². The van der Waals surface area contributed by atoms with E-state index in [0.29, 0.717) is 18.8 Å². The van der Waals surface area contributed by atoms with Gasteiger partial charge in [0.2, 0.25) is 0 Å². The molecule has 5 heteroatoms. The molecular weight excluding hydrogens is 208 g/mol. The summed E-state index contributed by atoms with van der Waals surface area (Å²) in [6.07, 6.45) is 0.460. The quantitative estimate of drug-likeness (QED) is 0.623. The second-order valence-electron chi connectivity index (χ2n) is 3.91. The number of hydrogen-bond donors (Lipinski definition) is 2. The molecule has 2 N–H and O–H groups in total. The van der Waals surface area contributed by atoms with Crippen LogP contribution in [0.25, 0.3) is 0 Å². The summed E-state index contributed by atoms with van der Waals surface area (Å²) >= 11 is 0. The van der Waals surface area contributed by atoms with Crippen LogP contribution in [0.2, 0.25) is 0 Å². The van der Waals surface area contributed by atoms with Gasteiger partial charge >= 0.3 is 6.03 Å². The maximum Gasteiger partial charge on any atom is 0.322 e. The Morgan fingerprint density at radius 1 is 1.25 bits per heavy atom. The average Bonchev–Trinajstić information content (AvgIpc) is 2.55. The molecule has 0 saturated carbocycles. The van der Waals surface area contributed by atoms with E-state index in [-0.39, 0.29) is 5.91 Å². The molecule has 3 amide bonds. The first-order chi connectivity index (χ1) is 7.72. The Morgan fingerprint density at radius 2 is 2.06 bits per heavy atom. The van der Waals surface area contributed by atoms with Gasteiger partial charge < -0.3 is 10.1 Å². The molecule has 2 heterocycles. The van der Waals surface area contributed by atoms with Crippen molar-refractivity contribution in [3.05, 3.63) is 29.8 Å². The van der Waals surface area contributed by atoms with Crippen LogP contribution in [0.1, 0.15) is 12.0 Å². The highest BCUT2D eigenvalue weighted by Crippen LogP contribution is 2.38. The molecule has 1 saturated heterocycles. The van der Waals surface area contributed by atoms with Gasteiger partial charge in [-0.3, -0.25) is 10.1 Å². The summed E-state index contributed by atoms with van der Waals surface area (Å²) in [5, 5.41) is 4.97. The van der Waals surface area contributed by atoms with Crippen molar-refractivity contribution in [1.82, 2.24) is 10.6 Å². The van der Waals surface area contributed by atoms with E-state index < -0.39 is 11.6 Å². The minimum Gasteiger partial charge on any atom is -0.493 e. The van der Waals surface area contributed by atoms with Crippen LogP contribution < -0.4 is 15.4 Å². The molecule has 1 aromatic rings. The van der Waals surface area contributed by atoms with Crippen LogP contribution >= 0.6 is 0 Å². The first kappa shape index (κ1) is 9.21. The SMILES string of the molecule is O=C1NC(=O)C2(CCOc3ccccc32)N1. The van der Waals surface area contributed by atoms with Crippen LogP contribution in [-0.2, 0) is 10.3 Å². The molecule has 5 nitrogen and oxygen atoms in total. The Hall–Kier alpha value is -2.04. The van der Waals surface area contributed by atoms with Gasteiger partial charge in [-0.25, -0.2) is 4.79 Å². The van der Waals surface area contributed by atoms with Crippen molar-refractivity contribution in [2.24, 2.45) is 0 Å². The first-order valence-corrected chi connectivity index (χ1v) is 5.08. The van der Waals surface area contributed by atoms with Crippen molar-refractivity contribution in [3.63, 3.8) is 0 Å². The van der Waals surface area contributed by atoms with Crippen LogP contribution in [-0.4, -0.2) is 18.5 Å². The number of benzene rings is 1. The highest BCUT2D eigenvalue weighted by atomic mass is 16.5. The summed E-state index contributed by atoms with van der Waals surface area (Å²) in [5.74, 6) is 0.361. The molecule has 82 valence electrons. The zero-order chi connectivity index (χ0) is 11.2. The molecule has 0 aliphatic carbocycles. The normalized spacial score (nSPS) is 27.0. The second-order valence-corrected chi connectivity index (χ2v) is 3.91. The fourth-order valence-corrected chi connectivity index (χ4v) is 2.25. The lowest BCUT2D eigenvalue weighted by Crippen LogP contribution is -2.47. The number of rotatable bonds is 0. The summed E-state index contributed by atoms with van der Waals surface area (Å²) in [7, 11) is 0. The maximum atomic E-state index is 11.9. The molecule has 1 spiro atoms. The van der Waals surface area contributed by atoms with Crippen molar-refractivity contribution in [2.75, 3.05) is 6.61 Å². The molecule has 1 unspecified atom stereocenters. The molecule has 2 aliphatic heterocycles. The molecule has 0 aromatic heterocycles. The number of imide groups is 1. The van der Waals surface area contributed by atoms with Gasteiger partial charge in [0, 0.05) is 12.0 Å². The molecule has 2 aliphatic rings. The van der Waals surface area contributed by atoms with Gasteiger partial charge in [0.1, 0.15) is 5.75 Å². The van der Waals surface area contributed by atoms with Crippen molar-refractivity contribution in [2.45, 2.75) is 12.0 Å². The molecule has 3 rings (SSSR count). The van der Waals surface area contributed by atoms with Crippen LogP contribution in [0.5, 0.6) is 5.75 Å². The van der Waals surface area contributed by atoms with Gasteiger partial charge in [-0.1, -0.05) is 18.2 Å². The van der Waals surface area contributed by atoms with E-state index in [0.717, 1.165) is 5.56 Å². The molecule has 0 radical (unpaired) electrons. The predicted molar refractivity (Wildman–Crippen MR) is 54.9 cm³/mol. The van der Waals surface area contributed by atoms with Gasteiger partial charge in [0.05, 0.1) is 6.61 Å². The Balaban J connectivity index is 2.17. The molecule has 16 heavy (non-hydrogen) atoms. The highest BCUT2D eigenvalue weighted by molar-refractivity contribution is 6.07. The molecular formula is C11H10N2O3. The zero-order valence-electron chi connectivity index (χ0n) is 8.45. The van der Waals surface area contributed by atoms with E-state index in [1.54, 1.807) is 12.1 Å². The van der Waals surface area contributed by atoms with Gasteiger partial charge in [-0.05, 0) is 6.07 Å². The minimum absolute atomic E-state index is 0.298. The summed E-state index contributed by atoms with van der Waals surface area (Å²) in [6.45, 7) is 0.421. The van der Waals surface area contributed by atoms with E-state index in [1.165, 1.54) is 0 Å². The third-order valence-electron chi connectivity index (χ3n) is 3.02. The molecule has 0 bridgehead atoms. The Labute approximate surface area is 91.8 Å². The maximum absolute atomic E-state index is 11.9. The number of carbonyl (C=O) groups is 2. The number of carbonyl (C=O) groups excluding carboxylic acids is 2. The van der Waals surface area contributed by atoms with E-state index in [1.807, 2.05) is 12.1 Å². The predicted octanol–water partition coefficient (Wildman–Crippen LogP) is 0.504. The third-order valence-corrected chi connectivity index (χ3v) is 3.02. The lowest BCUT2D eigenvalue weighted by Gasteiger charge is -2.32. The summed E-state index contributed by atoms with van der Waals surface area (Å²) in [6, 6.07) is 6.83. The third kappa shape index (κ3) is 1.05. The lowest BCUT2D eigenvalue weighted by molar-refractivity contribution is -0.125. The summed E-state index contributed by atoms with van der Waals surface area (Å²) in [4.78, 5) is 23.1. The van der Waals surface area contributed by atoms with Crippen molar-refractivity contribution < 1.29 is 14.3 Å². The van der Waals surface area contributed by atoms with Crippen LogP contribution in [0.15, 0.2) is 24.3 Å². The standard InChI is InChI=1S/C11H10N2O3/c14-9-11(13-10(15)12-9)5-6-16-8-4-2-1-3-7(8)11/h1-4H,5-6H2,(H2,12,13,14,15).